The van der Waals surface area contributed by atoms with Gasteiger partial charge in [0.1, 0.15) is 0 Å². The maximum Gasteiger partial charge on any atom is 0.416 e. The number of carbonyl (C=O) groups is 2. The van der Waals surface area contributed by atoms with Crippen molar-refractivity contribution in [3.05, 3.63) is 89.5 Å². The molecule has 218 valence electrons. The van der Waals surface area contributed by atoms with Crippen LogP contribution in [0.15, 0.2) is 72.8 Å². The molecule has 0 saturated carbocycles. The predicted molar refractivity (Wildman–Crippen MR) is 150 cm³/mol. The Kier molecular flexibility index (Phi) is 9.35. The van der Waals surface area contributed by atoms with E-state index >= 15 is 0 Å². The molecule has 0 unspecified atom stereocenters. The van der Waals surface area contributed by atoms with Gasteiger partial charge in [-0.1, -0.05) is 55.5 Å². The van der Waals surface area contributed by atoms with E-state index in [-0.39, 0.29) is 43.8 Å². The summed E-state index contributed by atoms with van der Waals surface area (Å²) in [5.74, 6) is -0.491. The van der Waals surface area contributed by atoms with Crippen LogP contribution in [-0.4, -0.2) is 65.7 Å². The van der Waals surface area contributed by atoms with Gasteiger partial charge < -0.3 is 25.0 Å². The first-order chi connectivity index (χ1) is 19.5. The Hall–Kier alpha value is -3.89. The minimum Gasteiger partial charge on any atom is -0.394 e. The van der Waals surface area contributed by atoms with Crippen LogP contribution < -0.4 is 5.32 Å². The number of rotatable bonds is 5. The zero-order chi connectivity index (χ0) is 29.7. The minimum absolute atomic E-state index is 0.0216. The zero-order valence-electron chi connectivity index (χ0n) is 23.2. The summed E-state index contributed by atoms with van der Waals surface area (Å²) in [5, 5.41) is 12.5. The number of benzene rings is 3. The van der Waals surface area contributed by atoms with E-state index in [1.807, 2.05) is 49.4 Å². The molecule has 0 fully saturated rings. The largest absolute Gasteiger partial charge is 0.416 e. The first-order valence-corrected chi connectivity index (χ1v) is 13.4. The van der Waals surface area contributed by atoms with Crippen LogP contribution in [0.4, 0.5) is 23.7 Å². The summed E-state index contributed by atoms with van der Waals surface area (Å²) in [6.45, 7) is 4.01. The second-order valence-electron chi connectivity index (χ2n) is 10.4. The number of amides is 3. The highest BCUT2D eigenvalue weighted by Gasteiger charge is 2.32. The number of nitrogens with one attached hydrogen (secondary N) is 1. The fraction of sp³-hybridized carbons (Fsp3) is 0.355. The smallest absolute Gasteiger partial charge is 0.394 e. The number of alkyl halides is 3. The van der Waals surface area contributed by atoms with E-state index in [0.717, 1.165) is 28.8 Å². The molecule has 0 aromatic heterocycles. The summed E-state index contributed by atoms with van der Waals surface area (Å²) < 4.78 is 45.8. The van der Waals surface area contributed by atoms with Crippen LogP contribution >= 0.6 is 0 Å². The van der Waals surface area contributed by atoms with Crippen molar-refractivity contribution >= 4 is 17.6 Å². The fourth-order valence-corrected chi connectivity index (χ4v) is 4.90. The predicted octanol–water partition coefficient (Wildman–Crippen LogP) is 5.89. The molecular formula is C31H34F3N3O4. The van der Waals surface area contributed by atoms with Crippen LogP contribution in [0.1, 0.15) is 35.3 Å². The van der Waals surface area contributed by atoms with Gasteiger partial charge in [0.2, 0.25) is 0 Å². The van der Waals surface area contributed by atoms with E-state index < -0.39 is 29.9 Å². The maximum atomic E-state index is 13.9. The van der Waals surface area contributed by atoms with E-state index in [4.69, 9.17) is 4.74 Å². The number of halogens is 3. The molecular weight excluding hydrogens is 535 g/mol. The molecule has 1 aliphatic rings. The summed E-state index contributed by atoms with van der Waals surface area (Å²) in [7, 11) is 1.53. The lowest BCUT2D eigenvalue weighted by Crippen LogP contribution is -2.48. The number of aliphatic hydroxyl groups excluding tert-OH is 1. The van der Waals surface area contributed by atoms with Gasteiger partial charge in [-0.25, -0.2) is 4.79 Å². The van der Waals surface area contributed by atoms with Crippen molar-refractivity contribution in [1.82, 2.24) is 9.80 Å². The first-order valence-electron chi connectivity index (χ1n) is 13.4. The number of fused-ring (bicyclic) bond motifs is 3. The average molecular weight is 570 g/mol. The van der Waals surface area contributed by atoms with E-state index in [1.54, 1.807) is 17.9 Å². The van der Waals surface area contributed by atoms with Gasteiger partial charge in [-0.15, -0.1) is 0 Å². The molecule has 2 N–H and O–H groups in total. The van der Waals surface area contributed by atoms with Crippen molar-refractivity contribution in [1.29, 1.82) is 0 Å². The second-order valence-corrected chi connectivity index (χ2v) is 10.4. The molecule has 0 spiro atoms. The van der Waals surface area contributed by atoms with Crippen LogP contribution in [0.5, 0.6) is 0 Å². The number of likely N-dealkylation sites (N-methyl/N-ethyl adjacent to an activating group) is 1. The van der Waals surface area contributed by atoms with Gasteiger partial charge in [-0.3, -0.25) is 4.79 Å². The lowest BCUT2D eigenvalue weighted by atomic mass is 9.94. The van der Waals surface area contributed by atoms with Crippen LogP contribution in [0.2, 0.25) is 0 Å². The topological polar surface area (TPSA) is 82.1 Å². The number of hydrogen-bond acceptors (Lipinski definition) is 4. The second kappa shape index (κ2) is 12.7. The SMILES string of the molecule is C[C@@H]1CN([C@H](C)CO)C(=O)c2ccccc2-c2ccccc2CO[C@@H]1CN(C)C(=O)Nc1cccc(C(F)(F)F)c1. The Bertz CT molecular complexity index is 1380. The Morgan fingerprint density at radius 3 is 2.41 bits per heavy atom. The molecule has 4 rings (SSSR count). The highest BCUT2D eigenvalue weighted by atomic mass is 19.4. The molecule has 41 heavy (non-hydrogen) atoms. The molecule has 1 aliphatic heterocycles. The van der Waals surface area contributed by atoms with Gasteiger partial charge in [0.05, 0.1) is 30.9 Å². The van der Waals surface area contributed by atoms with E-state index in [9.17, 15) is 27.9 Å². The summed E-state index contributed by atoms with van der Waals surface area (Å²) in [6.07, 6.45) is -5.07. The molecule has 3 aromatic carbocycles. The third kappa shape index (κ3) is 7.07. The lowest BCUT2D eigenvalue weighted by Gasteiger charge is -2.35. The zero-order valence-corrected chi connectivity index (χ0v) is 23.2. The number of urea groups is 1. The van der Waals surface area contributed by atoms with Crippen molar-refractivity contribution < 1.29 is 32.6 Å². The summed E-state index contributed by atoms with van der Waals surface area (Å²) >= 11 is 0. The monoisotopic (exact) mass is 569 g/mol. The van der Waals surface area contributed by atoms with E-state index in [0.29, 0.717) is 5.56 Å². The van der Waals surface area contributed by atoms with E-state index in [2.05, 4.69) is 5.32 Å². The standard InChI is InChI=1S/C31H34F3N3O4/c1-20-16-37(21(2)18-38)29(39)27-14-7-6-13-26(27)25-12-5-4-9-22(25)19-41-28(20)17-36(3)30(40)35-24-11-8-10-23(15-24)31(32,33)34/h4-15,20-21,28,38H,16-19H2,1-3H3,(H,35,40)/t20-,21-,28-/m1/s1. The highest BCUT2D eigenvalue weighted by molar-refractivity contribution is 6.01. The van der Waals surface area contributed by atoms with Crippen LogP contribution in [0.25, 0.3) is 11.1 Å². The first kappa shape index (κ1) is 30.1. The Labute approximate surface area is 237 Å². The molecule has 3 atom stereocenters. The molecule has 0 saturated heterocycles. The molecule has 3 amide bonds. The highest BCUT2D eigenvalue weighted by Crippen LogP contribution is 2.32. The molecule has 0 aliphatic carbocycles. The van der Waals surface area contributed by atoms with Crippen molar-refractivity contribution in [3.63, 3.8) is 0 Å². The van der Waals surface area contributed by atoms with Gasteiger partial charge in [-0.05, 0) is 47.9 Å². The summed E-state index contributed by atoms with van der Waals surface area (Å²) in [4.78, 5) is 29.8. The van der Waals surface area contributed by atoms with E-state index in [1.165, 1.54) is 24.1 Å². The number of hydrogen-bond donors (Lipinski definition) is 2. The minimum atomic E-state index is -4.53. The number of nitrogens with zero attached hydrogens (tertiary/aromatic N) is 2. The third-order valence-electron chi connectivity index (χ3n) is 7.34. The normalized spacial score (nSPS) is 18.5. The molecule has 0 radical (unpaired) electrons. The third-order valence-corrected chi connectivity index (χ3v) is 7.34. The van der Waals surface area contributed by atoms with Crippen molar-refractivity contribution in [2.75, 3.05) is 32.1 Å². The van der Waals surface area contributed by atoms with Crippen LogP contribution in [0.3, 0.4) is 0 Å². The fourth-order valence-electron chi connectivity index (χ4n) is 4.90. The van der Waals surface area contributed by atoms with Gasteiger partial charge in [0.25, 0.3) is 5.91 Å². The summed E-state index contributed by atoms with van der Waals surface area (Å²) in [6, 6.07) is 18.3. The number of aliphatic hydroxyl groups is 1. The molecule has 10 heteroatoms. The van der Waals surface area contributed by atoms with Gasteiger partial charge in [0, 0.05) is 37.3 Å². The quantitative estimate of drug-likeness (QED) is 0.401. The van der Waals surface area contributed by atoms with Gasteiger partial charge in [0.15, 0.2) is 0 Å². The molecule has 3 aromatic rings. The summed E-state index contributed by atoms with van der Waals surface area (Å²) in [5.41, 5.74) is 2.15. The Balaban J connectivity index is 1.62. The van der Waals surface area contributed by atoms with Gasteiger partial charge in [-0.2, -0.15) is 13.2 Å². The Morgan fingerprint density at radius 1 is 1.07 bits per heavy atom. The van der Waals surface area contributed by atoms with Crippen molar-refractivity contribution in [2.24, 2.45) is 5.92 Å². The van der Waals surface area contributed by atoms with Crippen LogP contribution in [-0.2, 0) is 17.5 Å². The number of ether oxygens (including phenoxy) is 1. The molecule has 7 nitrogen and oxygen atoms in total. The maximum absolute atomic E-state index is 13.9. The van der Waals surface area contributed by atoms with Crippen molar-refractivity contribution in [2.45, 2.75) is 38.8 Å². The number of carbonyl (C=O) groups excluding carboxylic acids is 2. The van der Waals surface area contributed by atoms with Crippen molar-refractivity contribution in [3.8, 4) is 11.1 Å². The molecule has 0 bridgehead atoms. The lowest BCUT2D eigenvalue weighted by molar-refractivity contribution is -0.137. The number of anilines is 1. The van der Waals surface area contributed by atoms with Crippen LogP contribution in [0, 0.1) is 5.92 Å². The Morgan fingerprint density at radius 2 is 1.73 bits per heavy atom. The average Bonchev–Trinajstić information content (AvgIpc) is 2.97. The molecule has 1 heterocycles. The van der Waals surface area contributed by atoms with Gasteiger partial charge >= 0.3 is 12.2 Å².